The average Bonchev–Trinajstić information content (AvgIpc) is 2.32. The van der Waals surface area contributed by atoms with E-state index in [9.17, 15) is 0 Å². The third-order valence-electron chi connectivity index (χ3n) is 3.38. The van der Waals surface area contributed by atoms with Gasteiger partial charge in [-0.05, 0) is 38.3 Å². The summed E-state index contributed by atoms with van der Waals surface area (Å²) in [6.07, 6.45) is 3.74. The molecule has 0 saturated heterocycles. The van der Waals surface area contributed by atoms with E-state index in [1.165, 1.54) is 22.3 Å². The molecule has 1 aromatic carbocycles. The third kappa shape index (κ3) is 2.76. The molecule has 19 heavy (non-hydrogen) atoms. The molecule has 0 unspecified atom stereocenters. The number of aromatic nitrogens is 2. The van der Waals surface area contributed by atoms with Crippen molar-refractivity contribution in [1.82, 2.24) is 9.97 Å². The van der Waals surface area contributed by atoms with Gasteiger partial charge < -0.3 is 4.98 Å². The predicted molar refractivity (Wildman–Crippen MR) is 83.1 cm³/mol. The Kier molecular flexibility index (Phi) is 4.15. The van der Waals surface area contributed by atoms with E-state index < -0.39 is 0 Å². The van der Waals surface area contributed by atoms with E-state index in [-0.39, 0.29) is 0 Å². The van der Waals surface area contributed by atoms with Gasteiger partial charge in [-0.2, -0.15) is 0 Å². The highest BCUT2D eigenvalue weighted by Gasteiger charge is 2.12. The maximum Gasteiger partial charge on any atom is 0.133 e. The smallest absolute Gasteiger partial charge is 0.133 e. The van der Waals surface area contributed by atoms with E-state index in [4.69, 9.17) is 12.2 Å². The van der Waals surface area contributed by atoms with Crippen molar-refractivity contribution in [2.45, 2.75) is 40.5 Å². The third-order valence-corrected chi connectivity index (χ3v) is 3.73. The van der Waals surface area contributed by atoms with Gasteiger partial charge in [0.1, 0.15) is 4.64 Å². The lowest BCUT2D eigenvalue weighted by Gasteiger charge is -2.15. The Labute approximate surface area is 119 Å². The molecule has 1 heterocycles. The first-order valence-corrected chi connectivity index (χ1v) is 7.10. The van der Waals surface area contributed by atoms with Crippen LogP contribution in [0, 0.1) is 25.4 Å². The predicted octanol–water partition coefficient (Wildman–Crippen LogP) is 4.68. The molecule has 0 aliphatic carbocycles. The molecule has 0 aliphatic rings. The summed E-state index contributed by atoms with van der Waals surface area (Å²) < 4.78 is 0.718. The molecule has 1 aromatic heterocycles. The van der Waals surface area contributed by atoms with Gasteiger partial charge in [0, 0.05) is 11.1 Å². The Morgan fingerprint density at radius 1 is 1.16 bits per heavy atom. The minimum absolute atomic E-state index is 0.718. The van der Waals surface area contributed by atoms with Gasteiger partial charge in [0.15, 0.2) is 0 Å². The standard InChI is InChI=1S/C16H20N2S/c1-5-6-13-15(17-9-18-16(13)19)14-11(3)7-10(2)8-12(14)4/h7-9H,5-6H2,1-4H3,(H,17,18,19). The fraction of sp³-hybridized carbons (Fsp3) is 0.375. The lowest BCUT2D eigenvalue weighted by atomic mass is 9.94. The normalized spacial score (nSPS) is 10.7. The van der Waals surface area contributed by atoms with Crippen LogP contribution in [0.5, 0.6) is 0 Å². The van der Waals surface area contributed by atoms with Crippen molar-refractivity contribution in [3.05, 3.63) is 45.4 Å². The number of nitrogens with one attached hydrogen (secondary N) is 1. The van der Waals surface area contributed by atoms with Crippen LogP contribution in [0.15, 0.2) is 18.5 Å². The topological polar surface area (TPSA) is 28.7 Å². The van der Waals surface area contributed by atoms with Gasteiger partial charge in [0.25, 0.3) is 0 Å². The summed E-state index contributed by atoms with van der Waals surface area (Å²) >= 11 is 5.39. The van der Waals surface area contributed by atoms with E-state index in [0.29, 0.717) is 0 Å². The van der Waals surface area contributed by atoms with Gasteiger partial charge in [-0.3, -0.25) is 0 Å². The van der Waals surface area contributed by atoms with Gasteiger partial charge in [0.2, 0.25) is 0 Å². The number of aryl methyl sites for hydroxylation is 3. The maximum absolute atomic E-state index is 5.39. The summed E-state index contributed by atoms with van der Waals surface area (Å²) in [6.45, 7) is 8.61. The number of H-pyrrole nitrogens is 1. The largest absolute Gasteiger partial charge is 0.346 e. The Hall–Kier alpha value is -1.48. The highest BCUT2D eigenvalue weighted by atomic mass is 32.1. The lowest BCUT2D eigenvalue weighted by Crippen LogP contribution is -2.00. The molecule has 0 saturated carbocycles. The van der Waals surface area contributed by atoms with E-state index >= 15 is 0 Å². The summed E-state index contributed by atoms with van der Waals surface area (Å²) in [4.78, 5) is 7.52. The number of rotatable bonds is 3. The maximum atomic E-state index is 5.39. The number of hydrogen-bond acceptors (Lipinski definition) is 2. The van der Waals surface area contributed by atoms with Crippen LogP contribution in [0.3, 0.4) is 0 Å². The summed E-state index contributed by atoms with van der Waals surface area (Å²) in [6, 6.07) is 4.44. The molecule has 2 aromatic rings. The fourth-order valence-corrected chi connectivity index (χ4v) is 2.96. The summed E-state index contributed by atoms with van der Waals surface area (Å²) in [5.74, 6) is 0. The van der Waals surface area contributed by atoms with Crippen molar-refractivity contribution < 1.29 is 0 Å². The Bertz CT molecular complexity index is 633. The molecule has 0 atom stereocenters. The number of aromatic amines is 1. The van der Waals surface area contributed by atoms with Crippen molar-refractivity contribution in [3.8, 4) is 11.3 Å². The van der Waals surface area contributed by atoms with Crippen LogP contribution in [0.2, 0.25) is 0 Å². The average molecular weight is 272 g/mol. The molecular weight excluding hydrogens is 252 g/mol. The summed E-state index contributed by atoms with van der Waals surface area (Å²) in [7, 11) is 0. The molecule has 0 radical (unpaired) electrons. The van der Waals surface area contributed by atoms with Crippen LogP contribution in [0.1, 0.15) is 35.6 Å². The van der Waals surface area contributed by atoms with Crippen molar-refractivity contribution in [1.29, 1.82) is 0 Å². The molecule has 0 amide bonds. The number of nitrogens with zero attached hydrogens (tertiary/aromatic N) is 1. The molecular formula is C16H20N2S. The monoisotopic (exact) mass is 272 g/mol. The SMILES string of the molecule is CCCc1c(-c2c(C)cc(C)cc2C)[nH]cnc1=S. The van der Waals surface area contributed by atoms with Crippen LogP contribution < -0.4 is 0 Å². The highest BCUT2D eigenvalue weighted by molar-refractivity contribution is 7.71. The Balaban J connectivity index is 2.72. The van der Waals surface area contributed by atoms with Crippen molar-refractivity contribution in [3.63, 3.8) is 0 Å². The van der Waals surface area contributed by atoms with Crippen LogP contribution >= 0.6 is 12.2 Å². The van der Waals surface area contributed by atoms with Gasteiger partial charge in [-0.15, -0.1) is 0 Å². The summed E-state index contributed by atoms with van der Waals surface area (Å²) in [5.41, 5.74) is 7.43. The zero-order chi connectivity index (χ0) is 14.0. The first kappa shape index (κ1) is 13.9. The van der Waals surface area contributed by atoms with Crippen LogP contribution in [-0.4, -0.2) is 9.97 Å². The molecule has 2 rings (SSSR count). The second-order valence-corrected chi connectivity index (χ2v) is 5.47. The van der Waals surface area contributed by atoms with Crippen molar-refractivity contribution in [2.24, 2.45) is 0 Å². The van der Waals surface area contributed by atoms with Crippen molar-refractivity contribution >= 4 is 12.2 Å². The first-order chi connectivity index (χ1) is 9.04. The Morgan fingerprint density at radius 2 is 1.79 bits per heavy atom. The Morgan fingerprint density at radius 3 is 2.37 bits per heavy atom. The molecule has 0 spiro atoms. The molecule has 2 nitrogen and oxygen atoms in total. The molecule has 100 valence electrons. The molecule has 0 bridgehead atoms. The van der Waals surface area contributed by atoms with E-state index in [2.05, 4.69) is 49.8 Å². The van der Waals surface area contributed by atoms with Crippen LogP contribution in [0.25, 0.3) is 11.3 Å². The summed E-state index contributed by atoms with van der Waals surface area (Å²) in [5, 5.41) is 0. The molecule has 0 fully saturated rings. The van der Waals surface area contributed by atoms with Crippen molar-refractivity contribution in [2.75, 3.05) is 0 Å². The van der Waals surface area contributed by atoms with E-state index in [1.807, 2.05) is 0 Å². The van der Waals surface area contributed by atoms with Gasteiger partial charge >= 0.3 is 0 Å². The van der Waals surface area contributed by atoms with Gasteiger partial charge in [-0.1, -0.05) is 43.3 Å². The van der Waals surface area contributed by atoms with Gasteiger partial charge in [0.05, 0.1) is 12.0 Å². The van der Waals surface area contributed by atoms with Crippen LogP contribution in [-0.2, 0) is 6.42 Å². The zero-order valence-corrected chi connectivity index (χ0v) is 12.8. The fourth-order valence-electron chi connectivity index (χ4n) is 2.71. The minimum Gasteiger partial charge on any atom is -0.346 e. The van der Waals surface area contributed by atoms with E-state index in [1.54, 1.807) is 6.33 Å². The zero-order valence-electron chi connectivity index (χ0n) is 12.0. The number of hydrogen-bond donors (Lipinski definition) is 1. The molecule has 3 heteroatoms. The van der Waals surface area contributed by atoms with Gasteiger partial charge in [-0.25, -0.2) is 4.98 Å². The first-order valence-electron chi connectivity index (χ1n) is 6.69. The minimum atomic E-state index is 0.718. The molecule has 0 aliphatic heterocycles. The molecule has 1 N–H and O–H groups in total. The second kappa shape index (κ2) is 5.66. The second-order valence-electron chi connectivity index (χ2n) is 5.08. The lowest BCUT2D eigenvalue weighted by molar-refractivity contribution is 0.897. The van der Waals surface area contributed by atoms with Crippen LogP contribution in [0.4, 0.5) is 0 Å². The number of benzene rings is 1. The quantitative estimate of drug-likeness (QED) is 0.822. The highest BCUT2D eigenvalue weighted by Crippen LogP contribution is 2.30. The van der Waals surface area contributed by atoms with E-state index in [0.717, 1.165) is 28.7 Å².